The molecule has 1 aliphatic heterocycles. The summed E-state index contributed by atoms with van der Waals surface area (Å²) in [4.78, 5) is 31.9. The maximum Gasteiger partial charge on any atom is 0.249 e. The summed E-state index contributed by atoms with van der Waals surface area (Å²) in [5.41, 5.74) is 1.58. The molecular weight excluding hydrogens is 280 g/mol. The minimum atomic E-state index is -0.418. The zero-order valence-electron chi connectivity index (χ0n) is 10.7. The zero-order chi connectivity index (χ0) is 14.1. The molecule has 0 radical (unpaired) electrons. The molecule has 1 unspecified atom stereocenters. The van der Waals surface area contributed by atoms with E-state index >= 15 is 0 Å². The van der Waals surface area contributed by atoms with Gasteiger partial charge in [-0.05, 0) is 12.5 Å². The van der Waals surface area contributed by atoms with Gasteiger partial charge in [0.25, 0.3) is 0 Å². The Hall–Kier alpha value is -1.95. The minimum absolute atomic E-state index is 0.226. The number of aryl methyl sites for hydroxylation is 1. The first kappa shape index (κ1) is 13.1. The number of carbonyl (C=O) groups is 2. The quantitative estimate of drug-likeness (QED) is 0.681. The Morgan fingerprint density at radius 1 is 1.45 bits per heavy atom. The predicted molar refractivity (Wildman–Crippen MR) is 73.4 cm³/mol. The van der Waals surface area contributed by atoms with Gasteiger partial charge in [0.05, 0.1) is 11.7 Å². The summed E-state index contributed by atoms with van der Waals surface area (Å²) in [6, 6.07) is 1.40. The Labute approximate surface area is 120 Å². The van der Waals surface area contributed by atoms with Gasteiger partial charge in [-0.2, -0.15) is 0 Å². The number of imide groups is 1. The molecule has 1 saturated heterocycles. The molecule has 0 spiro atoms. The van der Waals surface area contributed by atoms with E-state index in [1.807, 2.05) is 10.6 Å². The Balaban J connectivity index is 2.10. The number of piperidine rings is 1. The maximum atomic E-state index is 12.1. The van der Waals surface area contributed by atoms with Crippen LogP contribution >= 0.6 is 11.6 Å². The van der Waals surface area contributed by atoms with Gasteiger partial charge in [-0.15, -0.1) is 11.6 Å². The standard InChI is InChI=1S/C13H13ClN4O2/c14-5-3-11-16-8-7-15-6-4-9(8)18(11)10-1-2-12(19)17-13(10)20/h4,6-7,10H,1-3,5H2,(H,17,19,20). The average molecular weight is 293 g/mol. The molecule has 1 fully saturated rings. The highest BCUT2D eigenvalue weighted by Gasteiger charge is 2.30. The zero-order valence-corrected chi connectivity index (χ0v) is 11.4. The molecule has 1 N–H and O–H groups in total. The van der Waals surface area contributed by atoms with E-state index in [0.29, 0.717) is 25.1 Å². The predicted octanol–water partition coefficient (Wildman–Crippen LogP) is 1.19. The summed E-state index contributed by atoms with van der Waals surface area (Å²) in [5.74, 6) is 0.659. The van der Waals surface area contributed by atoms with Gasteiger partial charge >= 0.3 is 0 Å². The van der Waals surface area contributed by atoms with Gasteiger partial charge in [0.15, 0.2) is 0 Å². The van der Waals surface area contributed by atoms with Crippen LogP contribution in [0.4, 0.5) is 0 Å². The maximum absolute atomic E-state index is 12.1. The van der Waals surface area contributed by atoms with E-state index in [2.05, 4.69) is 15.3 Å². The lowest BCUT2D eigenvalue weighted by Crippen LogP contribution is -2.42. The number of carbonyl (C=O) groups excluding carboxylic acids is 2. The van der Waals surface area contributed by atoms with Crippen molar-refractivity contribution in [3.05, 3.63) is 24.3 Å². The monoisotopic (exact) mass is 292 g/mol. The van der Waals surface area contributed by atoms with Gasteiger partial charge in [-0.1, -0.05) is 0 Å². The number of pyridine rings is 1. The van der Waals surface area contributed by atoms with Gasteiger partial charge in [0.2, 0.25) is 11.8 Å². The molecule has 2 amide bonds. The number of hydrogen-bond donors (Lipinski definition) is 1. The molecule has 0 bridgehead atoms. The van der Waals surface area contributed by atoms with E-state index in [-0.39, 0.29) is 11.8 Å². The van der Waals surface area contributed by atoms with Crippen molar-refractivity contribution in [2.75, 3.05) is 5.88 Å². The normalized spacial score (nSPS) is 19.4. The van der Waals surface area contributed by atoms with Crippen LogP contribution in [0.1, 0.15) is 24.7 Å². The highest BCUT2D eigenvalue weighted by Crippen LogP contribution is 2.26. The van der Waals surface area contributed by atoms with Crippen molar-refractivity contribution in [3.63, 3.8) is 0 Å². The number of imidazole rings is 1. The second-order valence-electron chi connectivity index (χ2n) is 4.67. The second kappa shape index (κ2) is 5.20. The molecule has 20 heavy (non-hydrogen) atoms. The van der Waals surface area contributed by atoms with Gasteiger partial charge < -0.3 is 4.57 Å². The number of hydrogen-bond acceptors (Lipinski definition) is 4. The first-order chi connectivity index (χ1) is 9.70. The molecule has 2 aromatic heterocycles. The average Bonchev–Trinajstić information content (AvgIpc) is 2.78. The van der Waals surface area contributed by atoms with E-state index in [1.54, 1.807) is 12.4 Å². The number of alkyl halides is 1. The molecule has 1 atom stereocenters. The Morgan fingerprint density at radius 3 is 3.05 bits per heavy atom. The molecule has 3 heterocycles. The summed E-state index contributed by atoms with van der Waals surface area (Å²) in [6.45, 7) is 0. The summed E-state index contributed by atoms with van der Waals surface area (Å²) in [5, 5.41) is 2.38. The fourth-order valence-electron chi connectivity index (χ4n) is 2.54. The molecule has 7 heteroatoms. The highest BCUT2D eigenvalue weighted by atomic mass is 35.5. The highest BCUT2D eigenvalue weighted by molar-refractivity contribution is 6.18. The van der Waals surface area contributed by atoms with Crippen LogP contribution in [0.5, 0.6) is 0 Å². The van der Waals surface area contributed by atoms with E-state index in [9.17, 15) is 9.59 Å². The molecule has 0 aliphatic carbocycles. The van der Waals surface area contributed by atoms with E-state index in [1.165, 1.54) is 0 Å². The van der Waals surface area contributed by atoms with Crippen molar-refractivity contribution in [3.8, 4) is 0 Å². The smallest absolute Gasteiger partial charge is 0.249 e. The van der Waals surface area contributed by atoms with Crippen molar-refractivity contribution in [2.24, 2.45) is 0 Å². The van der Waals surface area contributed by atoms with Gasteiger partial charge in [0, 0.05) is 24.9 Å². The molecule has 0 aromatic carbocycles. The van der Waals surface area contributed by atoms with Crippen molar-refractivity contribution in [1.29, 1.82) is 0 Å². The molecule has 0 saturated carbocycles. The Morgan fingerprint density at radius 2 is 2.30 bits per heavy atom. The summed E-state index contributed by atoms with van der Waals surface area (Å²) < 4.78 is 1.88. The van der Waals surface area contributed by atoms with Crippen LogP contribution in [0.15, 0.2) is 18.5 Å². The fourth-order valence-corrected chi connectivity index (χ4v) is 2.71. The largest absolute Gasteiger partial charge is 0.315 e. The van der Waals surface area contributed by atoms with Crippen LogP contribution in [0.25, 0.3) is 11.0 Å². The Bertz CT molecular complexity index is 682. The van der Waals surface area contributed by atoms with Gasteiger partial charge in [-0.25, -0.2) is 4.98 Å². The van der Waals surface area contributed by atoms with E-state index < -0.39 is 6.04 Å². The minimum Gasteiger partial charge on any atom is -0.315 e. The van der Waals surface area contributed by atoms with Gasteiger partial charge in [0.1, 0.15) is 17.4 Å². The van der Waals surface area contributed by atoms with Crippen LogP contribution in [-0.4, -0.2) is 32.2 Å². The SMILES string of the molecule is O=C1CCC(n2c(CCCl)nc3cnccc32)C(=O)N1. The van der Waals surface area contributed by atoms with Gasteiger partial charge in [-0.3, -0.25) is 19.9 Å². The molecular formula is C13H13ClN4O2. The lowest BCUT2D eigenvalue weighted by Gasteiger charge is -2.24. The number of nitrogens with zero attached hydrogens (tertiary/aromatic N) is 3. The fraction of sp³-hybridized carbons (Fsp3) is 0.385. The van der Waals surface area contributed by atoms with Crippen molar-refractivity contribution >= 4 is 34.4 Å². The van der Waals surface area contributed by atoms with Crippen molar-refractivity contribution < 1.29 is 9.59 Å². The van der Waals surface area contributed by atoms with E-state index in [4.69, 9.17) is 11.6 Å². The van der Waals surface area contributed by atoms with Crippen molar-refractivity contribution in [2.45, 2.75) is 25.3 Å². The molecule has 6 nitrogen and oxygen atoms in total. The van der Waals surface area contributed by atoms with Crippen molar-refractivity contribution in [1.82, 2.24) is 19.9 Å². The third kappa shape index (κ3) is 2.16. The van der Waals surface area contributed by atoms with E-state index in [0.717, 1.165) is 16.9 Å². The number of rotatable bonds is 3. The Kier molecular flexibility index (Phi) is 3.40. The van der Waals surface area contributed by atoms with Crippen LogP contribution in [0, 0.1) is 0 Å². The summed E-state index contributed by atoms with van der Waals surface area (Å²) in [6.07, 6.45) is 4.70. The van der Waals surface area contributed by atoms with Crippen LogP contribution < -0.4 is 5.32 Å². The number of aromatic nitrogens is 3. The van der Waals surface area contributed by atoms with Crippen LogP contribution in [0.3, 0.4) is 0 Å². The molecule has 2 aromatic rings. The first-order valence-electron chi connectivity index (χ1n) is 6.41. The van der Waals surface area contributed by atoms with Crippen LogP contribution in [0.2, 0.25) is 0 Å². The molecule has 1 aliphatic rings. The number of fused-ring (bicyclic) bond motifs is 1. The topological polar surface area (TPSA) is 76.9 Å². The number of nitrogens with one attached hydrogen (secondary N) is 1. The lowest BCUT2D eigenvalue weighted by molar-refractivity contribution is -0.135. The third-order valence-electron chi connectivity index (χ3n) is 3.40. The second-order valence-corrected chi connectivity index (χ2v) is 5.05. The number of halogens is 1. The molecule has 104 valence electrons. The number of amides is 2. The summed E-state index contributed by atoms with van der Waals surface area (Å²) in [7, 11) is 0. The lowest BCUT2D eigenvalue weighted by atomic mass is 10.1. The van der Waals surface area contributed by atoms with Crippen LogP contribution in [-0.2, 0) is 16.0 Å². The summed E-state index contributed by atoms with van der Waals surface area (Å²) >= 11 is 5.81. The molecule has 3 rings (SSSR count). The third-order valence-corrected chi connectivity index (χ3v) is 3.59. The first-order valence-corrected chi connectivity index (χ1v) is 6.94.